The van der Waals surface area contributed by atoms with Crippen molar-refractivity contribution in [1.82, 2.24) is 10.3 Å². The van der Waals surface area contributed by atoms with Crippen LogP contribution >= 0.6 is 0 Å². The lowest BCUT2D eigenvalue weighted by Gasteiger charge is -2.31. The van der Waals surface area contributed by atoms with E-state index in [1.165, 1.54) is 24.3 Å². The number of aromatic nitrogens is 1. The molecule has 2 aromatic rings. The van der Waals surface area contributed by atoms with Crippen LogP contribution in [0.2, 0.25) is 0 Å². The Morgan fingerprint density at radius 2 is 1.88 bits per heavy atom. The van der Waals surface area contributed by atoms with Crippen LogP contribution in [0.3, 0.4) is 0 Å². The number of carbonyl (C=O) groups is 2. The Kier molecular flexibility index (Phi) is 4.87. The first-order chi connectivity index (χ1) is 16.0. The van der Waals surface area contributed by atoms with E-state index in [9.17, 15) is 14.0 Å². The fourth-order valence-corrected chi connectivity index (χ4v) is 4.99. The molecule has 4 aliphatic rings. The van der Waals surface area contributed by atoms with Gasteiger partial charge in [0.1, 0.15) is 11.9 Å². The van der Waals surface area contributed by atoms with Crippen molar-refractivity contribution in [1.29, 1.82) is 0 Å². The Hall–Kier alpha value is -3.00. The van der Waals surface area contributed by atoms with Crippen molar-refractivity contribution < 1.29 is 23.5 Å². The van der Waals surface area contributed by atoms with Crippen LogP contribution in [-0.4, -0.2) is 42.8 Å². The van der Waals surface area contributed by atoms with E-state index < -0.39 is 5.54 Å². The highest BCUT2D eigenvalue weighted by Crippen LogP contribution is 2.55. The summed E-state index contributed by atoms with van der Waals surface area (Å²) < 4.78 is 24.3. The fraction of sp³-hybridized carbons (Fsp3) is 0.480. The van der Waals surface area contributed by atoms with E-state index in [0.717, 1.165) is 49.2 Å². The lowest BCUT2D eigenvalue weighted by molar-refractivity contribution is 0.00366. The van der Waals surface area contributed by atoms with Crippen molar-refractivity contribution >= 4 is 17.7 Å². The molecule has 2 amide bonds. The monoisotopic (exact) mass is 451 g/mol. The third-order valence-electron chi connectivity index (χ3n) is 7.24. The van der Waals surface area contributed by atoms with E-state index in [1.54, 1.807) is 4.90 Å². The number of nitrogens with one attached hydrogen (secondary N) is 1. The molecular weight excluding hydrogens is 425 g/mol. The van der Waals surface area contributed by atoms with Crippen molar-refractivity contribution in [2.24, 2.45) is 5.92 Å². The average molecular weight is 451 g/mol. The lowest BCUT2D eigenvalue weighted by atomic mass is 10.0. The highest BCUT2D eigenvalue weighted by atomic mass is 19.1. The van der Waals surface area contributed by atoms with Crippen LogP contribution < -0.4 is 10.2 Å². The Balaban J connectivity index is 1.22. The summed E-state index contributed by atoms with van der Waals surface area (Å²) >= 11 is 0. The van der Waals surface area contributed by atoms with Gasteiger partial charge in [-0.3, -0.25) is 14.7 Å². The van der Waals surface area contributed by atoms with Gasteiger partial charge in [0.05, 0.1) is 35.8 Å². The topological polar surface area (TPSA) is 80.8 Å². The predicted molar refractivity (Wildman–Crippen MR) is 118 cm³/mol. The molecule has 172 valence electrons. The highest BCUT2D eigenvalue weighted by molar-refractivity contribution is 5.95. The molecule has 0 unspecified atom stereocenters. The molecule has 0 bridgehead atoms. The maximum Gasteiger partial charge on any atom is 0.414 e. The molecule has 2 aliphatic carbocycles. The quantitative estimate of drug-likeness (QED) is 0.763. The molecule has 2 saturated carbocycles. The minimum absolute atomic E-state index is 0.102. The van der Waals surface area contributed by atoms with Gasteiger partial charge in [-0.25, -0.2) is 9.18 Å². The van der Waals surface area contributed by atoms with E-state index >= 15 is 0 Å². The van der Waals surface area contributed by atoms with E-state index in [0.29, 0.717) is 37.2 Å². The number of anilines is 1. The van der Waals surface area contributed by atoms with E-state index in [4.69, 9.17) is 14.5 Å². The highest BCUT2D eigenvalue weighted by Gasteiger charge is 2.51. The van der Waals surface area contributed by atoms with Crippen LogP contribution in [0.4, 0.5) is 14.9 Å². The predicted octanol–water partition coefficient (Wildman–Crippen LogP) is 3.88. The molecule has 2 atom stereocenters. The summed E-state index contributed by atoms with van der Waals surface area (Å²) in [5.41, 5.74) is 2.48. The van der Waals surface area contributed by atoms with Crippen molar-refractivity contribution in [2.45, 2.75) is 49.7 Å². The van der Waals surface area contributed by atoms with Crippen LogP contribution in [0, 0.1) is 11.7 Å². The maximum atomic E-state index is 13.2. The number of fused-ring (bicyclic) bond motifs is 3. The zero-order valence-corrected chi connectivity index (χ0v) is 18.3. The molecule has 1 aromatic heterocycles. The molecule has 7 nitrogen and oxygen atoms in total. The maximum absolute atomic E-state index is 13.2. The third kappa shape index (κ3) is 3.86. The molecule has 3 heterocycles. The second kappa shape index (κ2) is 7.80. The van der Waals surface area contributed by atoms with Gasteiger partial charge >= 0.3 is 6.09 Å². The molecular formula is C25H26FN3O4. The Morgan fingerprint density at radius 1 is 1.12 bits per heavy atom. The minimum atomic E-state index is -0.504. The Morgan fingerprint density at radius 3 is 2.61 bits per heavy atom. The van der Waals surface area contributed by atoms with Crippen molar-refractivity contribution in [3.05, 3.63) is 59.2 Å². The number of benzene rings is 1. The Labute approximate surface area is 191 Å². The lowest BCUT2D eigenvalue weighted by Crippen LogP contribution is -2.40. The first kappa shape index (κ1) is 20.6. The zero-order chi connectivity index (χ0) is 22.6. The number of ether oxygens (including phenoxy) is 2. The number of halogens is 1. The average Bonchev–Trinajstić information content (AvgIpc) is 3.75. The zero-order valence-electron chi connectivity index (χ0n) is 18.3. The molecule has 0 spiro atoms. The van der Waals surface area contributed by atoms with Crippen LogP contribution in [0.1, 0.15) is 59.8 Å². The van der Waals surface area contributed by atoms with Gasteiger partial charge in [-0.1, -0.05) is 0 Å². The first-order valence-corrected chi connectivity index (χ1v) is 11.7. The van der Waals surface area contributed by atoms with Gasteiger partial charge in [-0.15, -0.1) is 0 Å². The summed E-state index contributed by atoms with van der Waals surface area (Å²) in [6, 6.07) is 9.39. The fourth-order valence-electron chi connectivity index (χ4n) is 4.99. The first-order valence-electron chi connectivity index (χ1n) is 11.7. The molecule has 1 saturated heterocycles. The van der Waals surface area contributed by atoms with Gasteiger partial charge in [0, 0.05) is 30.9 Å². The molecule has 2 aliphatic heterocycles. The molecule has 6 rings (SSSR count). The number of carbonyl (C=O) groups excluding carboxylic acids is 2. The van der Waals surface area contributed by atoms with Gasteiger partial charge in [-0.2, -0.15) is 0 Å². The third-order valence-corrected chi connectivity index (χ3v) is 7.24. The van der Waals surface area contributed by atoms with Gasteiger partial charge in [0.25, 0.3) is 5.91 Å². The minimum Gasteiger partial charge on any atom is -0.446 e. The van der Waals surface area contributed by atoms with E-state index in [1.807, 2.05) is 12.1 Å². The number of nitrogens with zero attached hydrogens (tertiary/aromatic N) is 2. The second-order valence-electron chi connectivity index (χ2n) is 9.55. The number of hydrogen-bond donors (Lipinski definition) is 1. The van der Waals surface area contributed by atoms with E-state index in [-0.39, 0.29) is 23.9 Å². The van der Waals surface area contributed by atoms with Gasteiger partial charge in [0.15, 0.2) is 0 Å². The summed E-state index contributed by atoms with van der Waals surface area (Å²) in [5.74, 6) is 0.156. The van der Waals surface area contributed by atoms with Crippen LogP contribution in [0.5, 0.6) is 0 Å². The number of rotatable bonds is 4. The van der Waals surface area contributed by atoms with Crippen molar-refractivity contribution in [3.63, 3.8) is 0 Å². The standard InChI is InChI=1S/C25H26FN3O4/c26-17-3-1-15(2-4-17)23(30)28-25(9-10-25)21-6-5-20-22(27-21)19-13-16(19)14-29(20)24(31)33-18-7-11-32-12-8-18/h1-6,16,18-19H,7-14H2,(H,28,30)/t16-,19-/m1/s1. The molecule has 1 N–H and O–H groups in total. The number of amides is 2. The summed E-state index contributed by atoms with van der Waals surface area (Å²) in [5, 5.41) is 3.10. The summed E-state index contributed by atoms with van der Waals surface area (Å²) in [6.45, 7) is 1.90. The molecule has 8 heteroatoms. The SMILES string of the molecule is O=C(NC1(c2ccc3c(n2)[C@@H]2C[C@@H]2CN3C(=O)OC2CCOCC2)CC1)c1ccc(F)cc1. The smallest absolute Gasteiger partial charge is 0.414 e. The summed E-state index contributed by atoms with van der Waals surface area (Å²) in [6.07, 6.45) is 3.66. The molecule has 1 aromatic carbocycles. The second-order valence-corrected chi connectivity index (χ2v) is 9.55. The largest absolute Gasteiger partial charge is 0.446 e. The summed E-state index contributed by atoms with van der Waals surface area (Å²) in [7, 11) is 0. The number of hydrogen-bond acceptors (Lipinski definition) is 5. The molecule has 3 fully saturated rings. The van der Waals surface area contributed by atoms with Crippen molar-refractivity contribution in [3.8, 4) is 0 Å². The van der Waals surface area contributed by atoms with Gasteiger partial charge < -0.3 is 14.8 Å². The number of pyridine rings is 1. The van der Waals surface area contributed by atoms with Gasteiger partial charge in [-0.05, 0) is 61.6 Å². The molecule has 0 radical (unpaired) electrons. The molecule has 33 heavy (non-hydrogen) atoms. The van der Waals surface area contributed by atoms with E-state index in [2.05, 4.69) is 5.32 Å². The summed E-state index contributed by atoms with van der Waals surface area (Å²) in [4.78, 5) is 32.4. The normalized spacial score (nSPS) is 24.9. The Bertz CT molecular complexity index is 1100. The van der Waals surface area contributed by atoms with Crippen LogP contribution in [0.15, 0.2) is 36.4 Å². The van der Waals surface area contributed by atoms with Crippen LogP contribution in [0.25, 0.3) is 0 Å². The van der Waals surface area contributed by atoms with Gasteiger partial charge in [0.2, 0.25) is 0 Å². The van der Waals surface area contributed by atoms with Crippen molar-refractivity contribution in [2.75, 3.05) is 24.7 Å². The van der Waals surface area contributed by atoms with Crippen LogP contribution in [-0.2, 0) is 15.0 Å².